The van der Waals surface area contributed by atoms with Gasteiger partial charge in [-0.2, -0.15) is 0 Å². The Morgan fingerprint density at radius 3 is 0.400 bits per heavy atom. The minimum absolute atomic E-state index is 0. The van der Waals surface area contributed by atoms with Gasteiger partial charge in [0.05, 0.1) is 0 Å². The Morgan fingerprint density at radius 1 is 0.400 bits per heavy atom. The molecule has 0 aliphatic rings. The summed E-state index contributed by atoms with van der Waals surface area (Å²) < 4.78 is 0. The van der Waals surface area contributed by atoms with Crippen LogP contribution in [0.2, 0.25) is 0 Å². The predicted octanol–water partition coefficient (Wildman–Crippen LogP) is -3.56. The molecule has 0 amide bonds. The molecule has 0 aromatic heterocycles. The van der Waals surface area contributed by atoms with Gasteiger partial charge in [0, 0.05) is 33.0 Å². The van der Waals surface area contributed by atoms with Crippen LogP contribution in [0.5, 0.6) is 0 Å². The van der Waals surface area contributed by atoms with Gasteiger partial charge in [-0.3, -0.25) is 0 Å². The van der Waals surface area contributed by atoms with E-state index in [1.54, 1.807) is 0 Å². The molecule has 5 heavy (non-hydrogen) atoms. The Morgan fingerprint density at radius 2 is 0.400 bits per heavy atom. The average molecular weight is 336 g/mol. The first kappa shape index (κ1) is 44.8. The molecule has 0 aliphatic heterocycles. The van der Waals surface area contributed by atoms with Crippen molar-refractivity contribution < 1.29 is 33.0 Å². The van der Waals surface area contributed by atoms with E-state index in [-0.39, 0.29) is 92.4 Å². The SMILES string of the molecule is [GaH3].[GaH3].[GaH3].[Ni].[Ni]. The van der Waals surface area contributed by atoms with Crippen molar-refractivity contribution >= 4 is 59.4 Å². The van der Waals surface area contributed by atoms with Crippen LogP contribution in [0.25, 0.3) is 0 Å². The second-order valence-electron chi connectivity index (χ2n) is 0. The normalized spacial score (nSPS) is 0. The van der Waals surface area contributed by atoms with Gasteiger partial charge in [-0.05, 0) is 0 Å². The largest absolute Gasteiger partial charge is 0 e. The molecule has 0 bridgehead atoms. The van der Waals surface area contributed by atoms with E-state index in [4.69, 9.17) is 0 Å². The molecule has 0 fully saturated rings. The molecular formula is H9Ga3Ni2. The van der Waals surface area contributed by atoms with E-state index in [1.165, 1.54) is 0 Å². The molecule has 38 valence electrons. The smallest absolute Gasteiger partial charge is 0 e. The summed E-state index contributed by atoms with van der Waals surface area (Å²) in [7, 11) is 0. The molecule has 0 aliphatic carbocycles. The van der Waals surface area contributed by atoms with Gasteiger partial charge in [0.15, 0.2) is 0 Å². The third kappa shape index (κ3) is 19.7. The fourth-order valence-electron chi connectivity index (χ4n) is 0. The van der Waals surface area contributed by atoms with Crippen molar-refractivity contribution in [2.24, 2.45) is 0 Å². The molecule has 0 heterocycles. The van der Waals surface area contributed by atoms with Gasteiger partial charge in [-0.15, -0.1) is 0 Å². The first-order valence-electron chi connectivity index (χ1n) is 0. The Bertz CT molecular complexity index is 4.85. The first-order chi connectivity index (χ1) is 0. The molecule has 0 spiro atoms. The van der Waals surface area contributed by atoms with Crippen molar-refractivity contribution in [3.05, 3.63) is 0 Å². The summed E-state index contributed by atoms with van der Waals surface area (Å²) in [6, 6.07) is 0. The van der Waals surface area contributed by atoms with Crippen LogP contribution in [0, 0.1) is 0 Å². The standard InChI is InChI=1S/3Ga.2Ni.9H. The van der Waals surface area contributed by atoms with Gasteiger partial charge in [-0.1, -0.05) is 0 Å². The number of hydrogen-bond acceptors (Lipinski definition) is 0. The Balaban J connectivity index is 0. The number of hydrogen-bond donors (Lipinski definition) is 0. The van der Waals surface area contributed by atoms with Crippen LogP contribution < -0.4 is 0 Å². The second-order valence-corrected chi connectivity index (χ2v) is 0. The topological polar surface area (TPSA) is 0 Å². The van der Waals surface area contributed by atoms with E-state index in [0.29, 0.717) is 0 Å². The van der Waals surface area contributed by atoms with E-state index < -0.39 is 0 Å². The average Bonchev–Trinajstić information content (AvgIpc) is 0. The van der Waals surface area contributed by atoms with Crippen LogP contribution in [0.15, 0.2) is 0 Å². The molecule has 0 aromatic carbocycles. The van der Waals surface area contributed by atoms with Crippen LogP contribution in [0.3, 0.4) is 0 Å². The summed E-state index contributed by atoms with van der Waals surface area (Å²) in [5, 5.41) is 0. The van der Waals surface area contributed by atoms with Crippen molar-refractivity contribution in [2.75, 3.05) is 0 Å². The minimum atomic E-state index is 0. The van der Waals surface area contributed by atoms with Gasteiger partial charge < -0.3 is 0 Å². The summed E-state index contributed by atoms with van der Waals surface area (Å²) in [6.45, 7) is 0. The molecular weight excluding hydrogens is 327 g/mol. The number of rotatable bonds is 0. The van der Waals surface area contributed by atoms with Crippen LogP contribution >= 0.6 is 0 Å². The molecule has 5 heteroatoms. The van der Waals surface area contributed by atoms with Gasteiger partial charge >= 0.3 is 59.4 Å². The summed E-state index contributed by atoms with van der Waals surface area (Å²) in [4.78, 5) is 0. The Hall–Kier alpha value is 2.90. The van der Waals surface area contributed by atoms with Crippen molar-refractivity contribution in [3.63, 3.8) is 0 Å². The molecule has 0 unspecified atom stereocenters. The summed E-state index contributed by atoms with van der Waals surface area (Å²) in [6.07, 6.45) is 0. The third-order valence-electron chi connectivity index (χ3n) is 0. The van der Waals surface area contributed by atoms with Gasteiger partial charge in [-0.25, -0.2) is 0 Å². The quantitative estimate of drug-likeness (QED) is 0.402. The van der Waals surface area contributed by atoms with Crippen molar-refractivity contribution in [3.8, 4) is 0 Å². The molecule has 0 saturated heterocycles. The zero-order valence-corrected chi connectivity index (χ0v) is 2.61. The van der Waals surface area contributed by atoms with E-state index in [1.807, 2.05) is 0 Å². The predicted molar refractivity (Wildman–Crippen MR) is 29.8 cm³/mol. The fourth-order valence-corrected chi connectivity index (χ4v) is 0. The molecule has 0 saturated carbocycles. The van der Waals surface area contributed by atoms with Crippen LogP contribution in [-0.2, 0) is 33.0 Å². The van der Waals surface area contributed by atoms with Gasteiger partial charge in [0.1, 0.15) is 0 Å². The van der Waals surface area contributed by atoms with Crippen molar-refractivity contribution in [1.82, 2.24) is 0 Å². The molecule has 0 rings (SSSR count). The van der Waals surface area contributed by atoms with Crippen LogP contribution in [0.4, 0.5) is 0 Å². The summed E-state index contributed by atoms with van der Waals surface area (Å²) in [5.74, 6) is 0. The van der Waals surface area contributed by atoms with E-state index in [0.717, 1.165) is 0 Å². The Labute approximate surface area is 91.0 Å². The molecule has 0 aromatic rings. The molecule has 0 atom stereocenters. The van der Waals surface area contributed by atoms with Crippen molar-refractivity contribution in [2.45, 2.75) is 0 Å². The monoisotopic (exact) mass is 332 g/mol. The zero-order chi connectivity index (χ0) is 0. The van der Waals surface area contributed by atoms with Crippen LogP contribution in [0.1, 0.15) is 0 Å². The summed E-state index contributed by atoms with van der Waals surface area (Å²) >= 11 is 0. The van der Waals surface area contributed by atoms with Crippen molar-refractivity contribution in [1.29, 1.82) is 0 Å². The zero-order valence-electron chi connectivity index (χ0n) is 0.632. The maximum Gasteiger partial charge on any atom is 0 e. The molecule has 0 radical (unpaired) electrons. The minimum Gasteiger partial charge on any atom is 0 e. The van der Waals surface area contributed by atoms with E-state index in [9.17, 15) is 0 Å². The third-order valence-corrected chi connectivity index (χ3v) is 0. The van der Waals surface area contributed by atoms with Crippen LogP contribution in [-0.4, -0.2) is 59.4 Å². The summed E-state index contributed by atoms with van der Waals surface area (Å²) in [5.41, 5.74) is 0. The maximum atomic E-state index is 0. The Kier molecular flexibility index (Phi) is 256. The van der Waals surface area contributed by atoms with E-state index in [2.05, 4.69) is 0 Å². The van der Waals surface area contributed by atoms with Gasteiger partial charge in [0.25, 0.3) is 0 Å². The molecule has 0 nitrogen and oxygen atoms in total. The fraction of sp³-hybridized carbons (Fsp3) is 0. The first-order valence-corrected chi connectivity index (χ1v) is 0. The van der Waals surface area contributed by atoms with Gasteiger partial charge in [0.2, 0.25) is 0 Å². The second kappa shape index (κ2) is 28.6. The van der Waals surface area contributed by atoms with E-state index >= 15 is 0 Å². The molecule has 0 N–H and O–H groups in total. The maximum absolute atomic E-state index is 0.